The first kappa shape index (κ1) is 13.4. The summed E-state index contributed by atoms with van der Waals surface area (Å²) in [7, 11) is 1.77. The number of hydrogen-bond acceptors (Lipinski definition) is 2. The summed E-state index contributed by atoms with van der Waals surface area (Å²) < 4.78 is 0. The largest absolute Gasteiger partial charge is 0.392 e. The number of rotatable bonds is 5. The van der Waals surface area contributed by atoms with Crippen LogP contribution in [0.25, 0.3) is 0 Å². The Labute approximate surface area is 103 Å². The molecule has 0 saturated heterocycles. The van der Waals surface area contributed by atoms with E-state index in [1.165, 1.54) is 32.1 Å². The van der Waals surface area contributed by atoms with Crippen LogP contribution in [0.15, 0.2) is 0 Å². The van der Waals surface area contributed by atoms with Gasteiger partial charge in [0.2, 0.25) is 5.91 Å². The molecule has 0 aromatic heterocycles. The van der Waals surface area contributed by atoms with Crippen molar-refractivity contribution in [1.29, 1.82) is 0 Å². The van der Waals surface area contributed by atoms with Crippen molar-refractivity contribution in [3.63, 3.8) is 0 Å². The van der Waals surface area contributed by atoms with Gasteiger partial charge in [-0.25, -0.2) is 0 Å². The first-order valence-electron chi connectivity index (χ1n) is 6.12. The lowest BCUT2D eigenvalue weighted by molar-refractivity contribution is -0.129. The molecule has 0 unspecified atom stereocenters. The van der Waals surface area contributed by atoms with Crippen LogP contribution >= 0.6 is 12.2 Å². The fraction of sp³-hybridized carbons (Fsp3) is 0.833. The van der Waals surface area contributed by atoms with E-state index in [0.29, 0.717) is 18.0 Å². The maximum atomic E-state index is 11.7. The third-order valence-electron chi connectivity index (χ3n) is 3.31. The van der Waals surface area contributed by atoms with E-state index in [1.807, 2.05) is 0 Å². The molecule has 1 fully saturated rings. The van der Waals surface area contributed by atoms with Crippen LogP contribution in [0.2, 0.25) is 0 Å². The minimum atomic E-state index is 0.165. The molecule has 0 heterocycles. The molecule has 92 valence electrons. The minimum absolute atomic E-state index is 0.165. The van der Waals surface area contributed by atoms with Gasteiger partial charge in [-0.2, -0.15) is 0 Å². The molecule has 1 aliphatic rings. The van der Waals surface area contributed by atoms with Gasteiger partial charge in [0.15, 0.2) is 0 Å². The summed E-state index contributed by atoms with van der Waals surface area (Å²) in [5, 5.41) is 0. The molecule has 1 aliphatic carbocycles. The molecule has 16 heavy (non-hydrogen) atoms. The lowest BCUT2D eigenvalue weighted by Crippen LogP contribution is -2.34. The second-order valence-corrected chi connectivity index (χ2v) is 5.28. The molecule has 1 amide bonds. The molecule has 0 radical (unpaired) electrons. The Morgan fingerprint density at radius 2 is 2.00 bits per heavy atom. The van der Waals surface area contributed by atoms with Gasteiger partial charge < -0.3 is 10.6 Å². The van der Waals surface area contributed by atoms with Crippen molar-refractivity contribution in [2.24, 2.45) is 11.7 Å². The summed E-state index contributed by atoms with van der Waals surface area (Å²) >= 11 is 4.78. The van der Waals surface area contributed by atoms with Crippen molar-refractivity contribution in [3.8, 4) is 0 Å². The highest BCUT2D eigenvalue weighted by Crippen LogP contribution is 2.27. The smallest absolute Gasteiger partial charge is 0.222 e. The van der Waals surface area contributed by atoms with Crippen LogP contribution in [-0.4, -0.2) is 29.4 Å². The Bertz CT molecular complexity index is 249. The van der Waals surface area contributed by atoms with Gasteiger partial charge in [-0.15, -0.1) is 0 Å². The summed E-state index contributed by atoms with van der Waals surface area (Å²) in [5.41, 5.74) is 5.41. The lowest BCUT2D eigenvalue weighted by atomic mass is 9.86. The number of nitrogens with zero attached hydrogens (tertiary/aromatic N) is 1. The van der Waals surface area contributed by atoms with Gasteiger partial charge in [0, 0.05) is 13.5 Å². The fourth-order valence-electron chi connectivity index (χ4n) is 2.32. The van der Waals surface area contributed by atoms with E-state index < -0.39 is 0 Å². The third kappa shape index (κ3) is 4.92. The Hall–Kier alpha value is -0.640. The molecule has 2 N–H and O–H groups in total. The van der Waals surface area contributed by atoms with Gasteiger partial charge in [-0.1, -0.05) is 44.3 Å². The summed E-state index contributed by atoms with van der Waals surface area (Å²) in [6, 6.07) is 0. The van der Waals surface area contributed by atoms with E-state index in [0.717, 1.165) is 12.3 Å². The van der Waals surface area contributed by atoms with Crippen molar-refractivity contribution in [3.05, 3.63) is 0 Å². The predicted octanol–water partition coefficient (Wildman–Crippen LogP) is 2.09. The van der Waals surface area contributed by atoms with E-state index in [1.54, 1.807) is 11.9 Å². The molecule has 0 bridgehead atoms. The van der Waals surface area contributed by atoms with Gasteiger partial charge >= 0.3 is 0 Å². The van der Waals surface area contributed by atoms with Crippen LogP contribution in [0.5, 0.6) is 0 Å². The molecular weight excluding hydrogens is 220 g/mol. The second-order valence-electron chi connectivity index (χ2n) is 4.76. The van der Waals surface area contributed by atoms with Crippen molar-refractivity contribution >= 4 is 23.1 Å². The molecule has 0 atom stereocenters. The second kappa shape index (κ2) is 6.84. The Morgan fingerprint density at radius 3 is 2.56 bits per heavy atom. The number of carbonyl (C=O) groups excluding carboxylic acids is 1. The van der Waals surface area contributed by atoms with Gasteiger partial charge in [0.1, 0.15) is 0 Å². The molecule has 3 nitrogen and oxygen atoms in total. The van der Waals surface area contributed by atoms with E-state index in [-0.39, 0.29) is 5.91 Å². The summed E-state index contributed by atoms with van der Waals surface area (Å²) in [4.78, 5) is 13.7. The Balaban J connectivity index is 2.20. The highest BCUT2D eigenvalue weighted by molar-refractivity contribution is 7.80. The van der Waals surface area contributed by atoms with Crippen LogP contribution in [0.1, 0.15) is 44.9 Å². The van der Waals surface area contributed by atoms with Crippen LogP contribution in [-0.2, 0) is 4.79 Å². The average Bonchev–Trinajstić information content (AvgIpc) is 2.26. The third-order valence-corrected chi connectivity index (χ3v) is 3.44. The zero-order valence-corrected chi connectivity index (χ0v) is 10.9. The Kier molecular flexibility index (Phi) is 5.74. The molecular formula is C12H22N2OS. The topological polar surface area (TPSA) is 46.3 Å². The Morgan fingerprint density at radius 1 is 1.38 bits per heavy atom. The van der Waals surface area contributed by atoms with E-state index >= 15 is 0 Å². The number of amides is 1. The van der Waals surface area contributed by atoms with Crippen LogP contribution < -0.4 is 5.73 Å². The quantitative estimate of drug-likeness (QED) is 0.751. The van der Waals surface area contributed by atoms with Gasteiger partial charge in [-0.05, 0) is 12.3 Å². The van der Waals surface area contributed by atoms with Crippen molar-refractivity contribution in [2.45, 2.75) is 44.9 Å². The standard InChI is InChI=1S/C12H22N2OS/c1-14(9-11(13)16)12(15)8-7-10-5-3-2-4-6-10/h10H,2-9H2,1H3,(H2,13,16). The number of thiocarbonyl (C=S) groups is 1. The first-order valence-corrected chi connectivity index (χ1v) is 6.52. The minimum Gasteiger partial charge on any atom is -0.392 e. The van der Waals surface area contributed by atoms with Crippen molar-refractivity contribution in [1.82, 2.24) is 4.90 Å². The molecule has 0 spiro atoms. The molecule has 1 saturated carbocycles. The lowest BCUT2D eigenvalue weighted by Gasteiger charge is -2.22. The number of likely N-dealkylation sites (N-methyl/N-ethyl adjacent to an activating group) is 1. The number of hydrogen-bond donors (Lipinski definition) is 1. The molecule has 0 aliphatic heterocycles. The van der Waals surface area contributed by atoms with Gasteiger partial charge in [0.05, 0.1) is 11.5 Å². The van der Waals surface area contributed by atoms with E-state index in [2.05, 4.69) is 0 Å². The SMILES string of the molecule is CN(CC(N)=S)C(=O)CCC1CCCCC1. The maximum absolute atomic E-state index is 11.7. The predicted molar refractivity (Wildman–Crippen MR) is 70.2 cm³/mol. The van der Waals surface area contributed by atoms with E-state index in [9.17, 15) is 4.79 Å². The summed E-state index contributed by atoms with van der Waals surface area (Å²) in [5.74, 6) is 0.925. The molecule has 0 aromatic carbocycles. The van der Waals surface area contributed by atoms with Crippen LogP contribution in [0.3, 0.4) is 0 Å². The van der Waals surface area contributed by atoms with Gasteiger partial charge in [0.25, 0.3) is 0 Å². The van der Waals surface area contributed by atoms with Crippen molar-refractivity contribution < 1.29 is 4.79 Å². The van der Waals surface area contributed by atoms with Crippen LogP contribution in [0, 0.1) is 5.92 Å². The summed E-state index contributed by atoms with van der Waals surface area (Å²) in [6.07, 6.45) is 8.30. The molecule has 4 heteroatoms. The first-order chi connectivity index (χ1) is 7.59. The highest BCUT2D eigenvalue weighted by atomic mass is 32.1. The fourth-order valence-corrected chi connectivity index (χ4v) is 2.51. The zero-order chi connectivity index (χ0) is 12.0. The zero-order valence-electron chi connectivity index (χ0n) is 10.1. The number of nitrogens with two attached hydrogens (primary N) is 1. The molecule has 0 aromatic rings. The van der Waals surface area contributed by atoms with E-state index in [4.69, 9.17) is 18.0 Å². The normalized spacial score (nSPS) is 17.1. The highest BCUT2D eigenvalue weighted by Gasteiger charge is 2.16. The van der Waals surface area contributed by atoms with Crippen LogP contribution in [0.4, 0.5) is 0 Å². The summed E-state index contributed by atoms with van der Waals surface area (Å²) in [6.45, 7) is 0.402. The van der Waals surface area contributed by atoms with Gasteiger partial charge in [-0.3, -0.25) is 4.79 Å². The number of carbonyl (C=O) groups is 1. The van der Waals surface area contributed by atoms with Crippen molar-refractivity contribution in [2.75, 3.05) is 13.6 Å². The monoisotopic (exact) mass is 242 g/mol. The average molecular weight is 242 g/mol. The maximum Gasteiger partial charge on any atom is 0.222 e. The molecule has 1 rings (SSSR count).